The lowest BCUT2D eigenvalue weighted by molar-refractivity contribution is -0.152. The largest absolute Gasteiger partial charge is 0.455 e. The van der Waals surface area contributed by atoms with Crippen molar-refractivity contribution in [2.75, 3.05) is 25.0 Å². The van der Waals surface area contributed by atoms with Crippen LogP contribution in [0.1, 0.15) is 25.3 Å². The Morgan fingerprint density at radius 1 is 1.09 bits per heavy atom. The van der Waals surface area contributed by atoms with E-state index < -0.39 is 46.1 Å². The number of halogens is 2. The third-order valence-corrected chi connectivity index (χ3v) is 7.18. The summed E-state index contributed by atoms with van der Waals surface area (Å²) in [5.41, 5.74) is 1.67. The second kappa shape index (κ2) is 10.2. The summed E-state index contributed by atoms with van der Waals surface area (Å²) >= 11 is 0. The number of carbonyl (C=O) groups is 2. The molecule has 0 spiro atoms. The van der Waals surface area contributed by atoms with Crippen LogP contribution < -0.4 is 5.32 Å². The molecule has 1 aliphatic rings. The van der Waals surface area contributed by atoms with E-state index in [4.69, 9.17) is 4.74 Å². The fraction of sp³-hybridized carbons (Fsp3) is 0.364. The average Bonchev–Trinajstić information content (AvgIpc) is 2.79. The van der Waals surface area contributed by atoms with E-state index in [1.807, 2.05) is 25.1 Å². The lowest BCUT2D eigenvalue weighted by Gasteiger charge is -2.30. The van der Waals surface area contributed by atoms with Gasteiger partial charge in [0.2, 0.25) is 10.0 Å². The zero-order chi connectivity index (χ0) is 23.3. The molecule has 7 nitrogen and oxygen atoms in total. The highest BCUT2D eigenvalue weighted by Gasteiger charge is 2.33. The summed E-state index contributed by atoms with van der Waals surface area (Å²) in [6.45, 7) is 1.61. The van der Waals surface area contributed by atoms with Crippen LogP contribution in [0, 0.1) is 17.6 Å². The molecule has 1 aliphatic heterocycles. The maximum absolute atomic E-state index is 13.4. The zero-order valence-corrected chi connectivity index (χ0v) is 18.3. The molecule has 3 rings (SSSR count). The molecule has 0 aliphatic carbocycles. The van der Waals surface area contributed by atoms with Gasteiger partial charge in [0.15, 0.2) is 18.2 Å². The van der Waals surface area contributed by atoms with Crippen molar-refractivity contribution >= 4 is 27.6 Å². The van der Waals surface area contributed by atoms with Crippen LogP contribution in [0.15, 0.2) is 47.4 Å². The first-order chi connectivity index (χ1) is 15.2. The predicted octanol–water partition coefficient (Wildman–Crippen LogP) is 3.11. The highest BCUT2D eigenvalue weighted by atomic mass is 32.2. The summed E-state index contributed by atoms with van der Waals surface area (Å²) in [5, 5.41) is 2.67. The molecule has 1 heterocycles. The van der Waals surface area contributed by atoms with Gasteiger partial charge >= 0.3 is 5.97 Å². The molecule has 32 heavy (non-hydrogen) atoms. The number of carbonyl (C=O) groups excluding carboxylic acids is 2. The van der Waals surface area contributed by atoms with Gasteiger partial charge in [-0.3, -0.25) is 9.59 Å². The van der Waals surface area contributed by atoms with Gasteiger partial charge in [-0.05, 0) is 55.2 Å². The Bertz CT molecular complexity index is 1100. The Morgan fingerprint density at radius 3 is 2.47 bits per heavy atom. The molecule has 1 fully saturated rings. The summed E-state index contributed by atoms with van der Waals surface area (Å²) in [4.78, 5) is 24.0. The summed E-state index contributed by atoms with van der Waals surface area (Å²) < 4.78 is 58.0. The van der Waals surface area contributed by atoms with Crippen LogP contribution in [0.5, 0.6) is 0 Å². The van der Waals surface area contributed by atoms with Gasteiger partial charge in [-0.25, -0.2) is 17.2 Å². The van der Waals surface area contributed by atoms with E-state index >= 15 is 0 Å². The Labute approximate surface area is 185 Å². The molecule has 0 radical (unpaired) electrons. The van der Waals surface area contributed by atoms with Crippen molar-refractivity contribution < 1.29 is 31.5 Å². The number of esters is 1. The highest BCUT2D eigenvalue weighted by molar-refractivity contribution is 7.89. The van der Waals surface area contributed by atoms with Crippen molar-refractivity contribution in [2.45, 2.75) is 31.1 Å². The first kappa shape index (κ1) is 23.8. The topological polar surface area (TPSA) is 92.8 Å². The van der Waals surface area contributed by atoms with E-state index in [-0.39, 0.29) is 30.8 Å². The summed E-state index contributed by atoms with van der Waals surface area (Å²) in [6.07, 6.45) is 1.22. The van der Waals surface area contributed by atoms with Crippen LogP contribution in [0.2, 0.25) is 0 Å². The van der Waals surface area contributed by atoms with Gasteiger partial charge < -0.3 is 10.1 Å². The molecular weight excluding hydrogens is 442 g/mol. The van der Waals surface area contributed by atoms with Gasteiger partial charge in [-0.1, -0.05) is 19.1 Å². The minimum atomic E-state index is -4.01. The van der Waals surface area contributed by atoms with Gasteiger partial charge in [0.1, 0.15) is 0 Å². The smallest absolute Gasteiger partial charge is 0.309 e. The average molecular weight is 467 g/mol. The second-order valence-electron chi connectivity index (χ2n) is 7.46. The zero-order valence-electron chi connectivity index (χ0n) is 17.5. The SMILES string of the molecule is CCc1cccc(NC(=O)COC(=O)C2CCN(S(=O)(=O)c3ccc(F)c(F)c3)CC2)c1. The third-order valence-electron chi connectivity index (χ3n) is 5.28. The molecule has 10 heteroatoms. The van der Waals surface area contributed by atoms with Gasteiger partial charge in [0.05, 0.1) is 10.8 Å². The second-order valence-corrected chi connectivity index (χ2v) is 9.40. The number of amides is 1. The molecule has 0 aromatic heterocycles. The Kier molecular flexibility index (Phi) is 7.57. The first-order valence-electron chi connectivity index (χ1n) is 10.2. The molecule has 1 saturated heterocycles. The normalized spacial score (nSPS) is 15.3. The van der Waals surface area contributed by atoms with Gasteiger partial charge in [0, 0.05) is 18.8 Å². The van der Waals surface area contributed by atoms with E-state index in [1.165, 1.54) is 0 Å². The molecule has 172 valence electrons. The van der Waals surface area contributed by atoms with Crippen LogP contribution in [0.4, 0.5) is 14.5 Å². The van der Waals surface area contributed by atoms with Gasteiger partial charge in [-0.2, -0.15) is 4.31 Å². The standard InChI is InChI=1S/C22H24F2N2O5S/c1-2-15-4-3-5-17(12-15)25-21(27)14-31-22(28)16-8-10-26(11-9-16)32(29,30)18-6-7-19(23)20(24)13-18/h3-7,12-13,16H,2,8-11,14H2,1H3,(H,25,27). The number of rotatable bonds is 7. The van der Waals surface area contributed by atoms with Crippen molar-refractivity contribution in [2.24, 2.45) is 5.92 Å². The number of ether oxygens (including phenoxy) is 1. The fourth-order valence-corrected chi connectivity index (χ4v) is 4.92. The minimum Gasteiger partial charge on any atom is -0.455 e. The number of sulfonamides is 1. The molecule has 0 saturated carbocycles. The third kappa shape index (κ3) is 5.68. The number of hydrogen-bond acceptors (Lipinski definition) is 5. The number of hydrogen-bond donors (Lipinski definition) is 1. The van der Waals surface area contributed by atoms with E-state index in [0.717, 1.165) is 28.4 Å². The molecule has 1 N–H and O–H groups in total. The fourth-order valence-electron chi connectivity index (χ4n) is 3.44. The number of nitrogens with one attached hydrogen (secondary N) is 1. The van der Waals surface area contributed by atoms with Crippen molar-refractivity contribution in [3.63, 3.8) is 0 Å². The number of piperidine rings is 1. The van der Waals surface area contributed by atoms with Crippen molar-refractivity contribution in [3.8, 4) is 0 Å². The summed E-state index contributed by atoms with van der Waals surface area (Å²) in [5.74, 6) is -3.98. The van der Waals surface area contributed by atoms with Crippen LogP contribution >= 0.6 is 0 Å². The Balaban J connectivity index is 1.49. The van der Waals surface area contributed by atoms with E-state index in [9.17, 15) is 26.8 Å². The number of anilines is 1. The number of benzene rings is 2. The molecule has 0 bridgehead atoms. The monoisotopic (exact) mass is 466 g/mol. The lowest BCUT2D eigenvalue weighted by atomic mass is 9.98. The highest BCUT2D eigenvalue weighted by Crippen LogP contribution is 2.25. The number of aryl methyl sites for hydroxylation is 1. The van der Waals surface area contributed by atoms with Crippen molar-refractivity contribution in [1.29, 1.82) is 0 Å². The molecule has 2 aromatic carbocycles. The Morgan fingerprint density at radius 2 is 1.81 bits per heavy atom. The van der Waals surface area contributed by atoms with Crippen molar-refractivity contribution in [1.82, 2.24) is 4.31 Å². The molecule has 2 aromatic rings. The van der Waals surface area contributed by atoms with Crippen LogP contribution in [0.3, 0.4) is 0 Å². The van der Waals surface area contributed by atoms with Crippen LogP contribution in [-0.2, 0) is 30.8 Å². The van der Waals surface area contributed by atoms with Crippen LogP contribution in [-0.4, -0.2) is 44.3 Å². The minimum absolute atomic E-state index is 0.0249. The van der Waals surface area contributed by atoms with Gasteiger partial charge in [-0.15, -0.1) is 0 Å². The van der Waals surface area contributed by atoms with E-state index in [1.54, 1.807) is 6.07 Å². The van der Waals surface area contributed by atoms with Crippen molar-refractivity contribution in [3.05, 3.63) is 59.7 Å². The lowest BCUT2D eigenvalue weighted by Crippen LogP contribution is -2.41. The maximum Gasteiger partial charge on any atom is 0.309 e. The molecular formula is C22H24F2N2O5S. The first-order valence-corrected chi connectivity index (χ1v) is 11.7. The Hall–Kier alpha value is -2.85. The van der Waals surface area contributed by atoms with Gasteiger partial charge in [0.25, 0.3) is 5.91 Å². The maximum atomic E-state index is 13.4. The summed E-state index contributed by atoms with van der Waals surface area (Å²) in [6, 6.07) is 9.74. The number of nitrogens with zero attached hydrogens (tertiary/aromatic N) is 1. The molecule has 1 amide bonds. The van der Waals surface area contributed by atoms with Crippen LogP contribution in [0.25, 0.3) is 0 Å². The van der Waals surface area contributed by atoms with E-state index in [2.05, 4.69) is 5.32 Å². The quantitative estimate of drug-likeness (QED) is 0.633. The summed E-state index contributed by atoms with van der Waals surface area (Å²) in [7, 11) is -4.01. The molecule has 0 unspecified atom stereocenters. The van der Waals surface area contributed by atoms with E-state index in [0.29, 0.717) is 11.8 Å². The predicted molar refractivity (Wildman–Crippen MR) is 113 cm³/mol. The molecule has 0 atom stereocenters.